The van der Waals surface area contributed by atoms with E-state index in [1.807, 2.05) is 25.5 Å². The van der Waals surface area contributed by atoms with Crippen molar-refractivity contribution in [3.8, 4) is 11.1 Å². The van der Waals surface area contributed by atoms with Crippen molar-refractivity contribution in [2.24, 2.45) is 0 Å². The molecule has 0 bridgehead atoms. The fourth-order valence-electron chi connectivity index (χ4n) is 2.78. The molecule has 110 valence electrons. The van der Waals surface area contributed by atoms with Gasteiger partial charge in [-0.05, 0) is 42.9 Å². The summed E-state index contributed by atoms with van der Waals surface area (Å²) in [6, 6.07) is 10.9. The number of imidazole rings is 1. The van der Waals surface area contributed by atoms with Gasteiger partial charge in [-0.1, -0.05) is 24.3 Å². The molecule has 1 saturated carbocycles. The van der Waals surface area contributed by atoms with Crippen LogP contribution in [-0.2, 0) is 6.54 Å². The van der Waals surface area contributed by atoms with Crippen LogP contribution in [0.4, 0.5) is 0 Å². The highest BCUT2D eigenvalue weighted by atomic mass is 15.1. The average Bonchev–Trinajstić information content (AvgIpc) is 3.33. The van der Waals surface area contributed by atoms with E-state index in [0.717, 1.165) is 23.0 Å². The van der Waals surface area contributed by atoms with E-state index < -0.39 is 0 Å². The molecule has 1 aliphatic rings. The van der Waals surface area contributed by atoms with E-state index >= 15 is 0 Å². The summed E-state index contributed by atoms with van der Waals surface area (Å²) in [5.74, 6) is 1.76. The lowest BCUT2D eigenvalue weighted by atomic mass is 10.0. The van der Waals surface area contributed by atoms with Crippen LogP contribution >= 0.6 is 0 Å². The molecule has 0 radical (unpaired) electrons. The van der Waals surface area contributed by atoms with Gasteiger partial charge >= 0.3 is 0 Å². The minimum Gasteiger partial charge on any atom is -0.329 e. The van der Waals surface area contributed by atoms with Crippen molar-refractivity contribution in [3.63, 3.8) is 0 Å². The predicted octanol–water partition coefficient (Wildman–Crippen LogP) is 3.57. The SMILES string of the molecule is Cc1nccn1Cc1cc(-c2cccc(C3CC3)c2)cnn1. The summed E-state index contributed by atoms with van der Waals surface area (Å²) in [5, 5.41) is 8.43. The first-order valence-corrected chi connectivity index (χ1v) is 7.69. The van der Waals surface area contributed by atoms with Crippen molar-refractivity contribution in [3.05, 3.63) is 66.0 Å². The molecule has 4 rings (SSSR count). The molecule has 3 aromatic rings. The highest BCUT2D eigenvalue weighted by Crippen LogP contribution is 2.41. The number of rotatable bonds is 4. The van der Waals surface area contributed by atoms with Gasteiger partial charge in [0.15, 0.2) is 0 Å². The largest absolute Gasteiger partial charge is 0.329 e. The van der Waals surface area contributed by atoms with Crippen molar-refractivity contribution in [1.82, 2.24) is 19.7 Å². The number of hydrogen-bond donors (Lipinski definition) is 0. The zero-order valence-corrected chi connectivity index (χ0v) is 12.6. The molecule has 2 aromatic heterocycles. The third kappa shape index (κ3) is 2.64. The van der Waals surface area contributed by atoms with Gasteiger partial charge in [0.2, 0.25) is 0 Å². The van der Waals surface area contributed by atoms with Crippen LogP contribution in [0.25, 0.3) is 11.1 Å². The second-order valence-electron chi connectivity index (χ2n) is 5.94. The molecule has 1 aliphatic carbocycles. The fourth-order valence-corrected chi connectivity index (χ4v) is 2.78. The second kappa shape index (κ2) is 5.37. The van der Waals surface area contributed by atoms with E-state index in [-0.39, 0.29) is 0 Å². The minimum absolute atomic E-state index is 0.703. The Morgan fingerprint density at radius 2 is 2.09 bits per heavy atom. The Kier molecular flexibility index (Phi) is 3.22. The molecule has 0 N–H and O–H groups in total. The van der Waals surface area contributed by atoms with E-state index in [4.69, 9.17) is 0 Å². The Labute approximate surface area is 129 Å². The Balaban J connectivity index is 1.64. The van der Waals surface area contributed by atoms with Crippen molar-refractivity contribution < 1.29 is 0 Å². The molecular weight excluding hydrogens is 272 g/mol. The topological polar surface area (TPSA) is 43.6 Å². The standard InChI is InChI=1S/C18H18N4/c1-13-19-7-8-22(13)12-18-10-17(11-20-21-18)16-4-2-3-15(9-16)14-5-6-14/h2-4,7-11,14H,5-6,12H2,1H3. The third-order valence-electron chi connectivity index (χ3n) is 4.23. The summed E-state index contributed by atoms with van der Waals surface area (Å²) < 4.78 is 2.08. The van der Waals surface area contributed by atoms with Gasteiger partial charge in [-0.25, -0.2) is 4.98 Å². The number of benzene rings is 1. The van der Waals surface area contributed by atoms with Crippen molar-refractivity contribution in [2.45, 2.75) is 32.2 Å². The molecule has 4 nitrogen and oxygen atoms in total. The number of hydrogen-bond acceptors (Lipinski definition) is 3. The highest BCUT2D eigenvalue weighted by Gasteiger charge is 2.23. The quantitative estimate of drug-likeness (QED) is 0.737. The van der Waals surface area contributed by atoms with Gasteiger partial charge in [-0.2, -0.15) is 10.2 Å². The van der Waals surface area contributed by atoms with Crippen molar-refractivity contribution in [2.75, 3.05) is 0 Å². The van der Waals surface area contributed by atoms with Crippen LogP contribution in [0, 0.1) is 6.92 Å². The zero-order chi connectivity index (χ0) is 14.9. The van der Waals surface area contributed by atoms with Gasteiger partial charge in [0, 0.05) is 18.0 Å². The molecule has 0 atom stereocenters. The van der Waals surface area contributed by atoms with Crippen LogP contribution in [0.5, 0.6) is 0 Å². The smallest absolute Gasteiger partial charge is 0.105 e. The molecule has 0 saturated heterocycles. The maximum absolute atomic E-state index is 4.25. The molecule has 0 amide bonds. The second-order valence-corrected chi connectivity index (χ2v) is 5.94. The zero-order valence-electron chi connectivity index (χ0n) is 12.6. The highest BCUT2D eigenvalue weighted by molar-refractivity contribution is 5.63. The maximum Gasteiger partial charge on any atom is 0.105 e. The van der Waals surface area contributed by atoms with E-state index in [9.17, 15) is 0 Å². The van der Waals surface area contributed by atoms with Crippen LogP contribution in [0.15, 0.2) is 48.9 Å². The normalized spacial score (nSPS) is 14.2. The molecule has 1 fully saturated rings. The lowest BCUT2D eigenvalue weighted by molar-refractivity contribution is 0.727. The summed E-state index contributed by atoms with van der Waals surface area (Å²) in [6.45, 7) is 2.70. The molecule has 4 heteroatoms. The first kappa shape index (κ1) is 13.2. The van der Waals surface area contributed by atoms with Gasteiger partial charge in [0.25, 0.3) is 0 Å². The van der Waals surface area contributed by atoms with Gasteiger partial charge < -0.3 is 4.57 Å². The summed E-state index contributed by atoms with van der Waals surface area (Å²) in [6.07, 6.45) is 8.27. The van der Waals surface area contributed by atoms with E-state index in [1.165, 1.54) is 24.0 Å². The van der Waals surface area contributed by atoms with Crippen LogP contribution in [0.2, 0.25) is 0 Å². The average molecular weight is 290 g/mol. The van der Waals surface area contributed by atoms with Gasteiger partial charge in [0.05, 0.1) is 18.4 Å². The number of aryl methyl sites for hydroxylation is 1. The monoisotopic (exact) mass is 290 g/mol. The van der Waals surface area contributed by atoms with E-state index in [0.29, 0.717) is 6.54 Å². The number of nitrogens with zero attached hydrogens (tertiary/aromatic N) is 4. The Morgan fingerprint density at radius 1 is 1.18 bits per heavy atom. The van der Waals surface area contributed by atoms with E-state index in [1.54, 1.807) is 0 Å². The molecule has 1 aromatic carbocycles. The Morgan fingerprint density at radius 3 is 2.86 bits per heavy atom. The Hall–Kier alpha value is -2.49. The van der Waals surface area contributed by atoms with Crippen molar-refractivity contribution >= 4 is 0 Å². The van der Waals surface area contributed by atoms with Crippen LogP contribution < -0.4 is 0 Å². The third-order valence-corrected chi connectivity index (χ3v) is 4.23. The lowest BCUT2D eigenvalue weighted by Gasteiger charge is -2.07. The van der Waals surface area contributed by atoms with Crippen LogP contribution in [-0.4, -0.2) is 19.7 Å². The first-order valence-electron chi connectivity index (χ1n) is 7.69. The first-order chi connectivity index (χ1) is 10.8. The Bertz CT molecular complexity index is 802. The maximum atomic E-state index is 4.25. The summed E-state index contributed by atoms with van der Waals surface area (Å²) in [7, 11) is 0. The summed E-state index contributed by atoms with van der Waals surface area (Å²) in [4.78, 5) is 4.25. The van der Waals surface area contributed by atoms with Gasteiger partial charge in [0.1, 0.15) is 5.82 Å². The van der Waals surface area contributed by atoms with Crippen LogP contribution in [0.3, 0.4) is 0 Å². The molecule has 0 spiro atoms. The molecule has 0 aliphatic heterocycles. The van der Waals surface area contributed by atoms with Crippen molar-refractivity contribution in [1.29, 1.82) is 0 Å². The fraction of sp³-hybridized carbons (Fsp3) is 0.278. The van der Waals surface area contributed by atoms with Crippen LogP contribution in [0.1, 0.15) is 35.8 Å². The van der Waals surface area contributed by atoms with E-state index in [2.05, 4.69) is 50.1 Å². The predicted molar refractivity (Wildman–Crippen MR) is 85.5 cm³/mol. The molecular formula is C18H18N4. The molecule has 22 heavy (non-hydrogen) atoms. The van der Waals surface area contributed by atoms with Gasteiger partial charge in [-0.15, -0.1) is 0 Å². The number of aromatic nitrogens is 4. The molecule has 0 unspecified atom stereocenters. The summed E-state index contributed by atoms with van der Waals surface area (Å²) in [5.41, 5.74) is 4.75. The lowest BCUT2D eigenvalue weighted by Crippen LogP contribution is -2.04. The summed E-state index contributed by atoms with van der Waals surface area (Å²) >= 11 is 0. The van der Waals surface area contributed by atoms with Gasteiger partial charge in [-0.3, -0.25) is 0 Å². The minimum atomic E-state index is 0.703. The molecule has 2 heterocycles.